The summed E-state index contributed by atoms with van der Waals surface area (Å²) in [4.78, 5) is 11.5. The zero-order chi connectivity index (χ0) is 12.2. The van der Waals surface area contributed by atoms with E-state index < -0.39 is 15.4 Å². The molecule has 1 fully saturated rings. The molecule has 6 heteroatoms. The Morgan fingerprint density at radius 1 is 1.56 bits per heavy atom. The van der Waals surface area contributed by atoms with Gasteiger partial charge in [0.05, 0.1) is 23.6 Å². The Bertz CT molecular complexity index is 378. The van der Waals surface area contributed by atoms with Crippen molar-refractivity contribution in [2.24, 2.45) is 0 Å². The molecule has 16 heavy (non-hydrogen) atoms. The largest absolute Gasteiger partial charge is 0.349 e. The highest BCUT2D eigenvalue weighted by atomic mass is 32.2. The minimum atomic E-state index is -2.98. The fraction of sp³-hybridized carbons (Fsp3) is 0.700. The number of rotatable bonds is 5. The van der Waals surface area contributed by atoms with Gasteiger partial charge in [-0.05, 0) is 13.3 Å². The summed E-state index contributed by atoms with van der Waals surface area (Å²) >= 11 is 0. The van der Waals surface area contributed by atoms with Crippen LogP contribution in [0.15, 0.2) is 12.7 Å². The Morgan fingerprint density at radius 3 is 2.75 bits per heavy atom. The quantitative estimate of drug-likeness (QED) is 0.504. The average molecular weight is 246 g/mol. The van der Waals surface area contributed by atoms with Crippen LogP contribution in [0, 0.1) is 0 Å². The van der Waals surface area contributed by atoms with Gasteiger partial charge in [0.25, 0.3) is 0 Å². The van der Waals surface area contributed by atoms with E-state index in [2.05, 4.69) is 17.2 Å². The molecular formula is C10H18N2O3S. The van der Waals surface area contributed by atoms with Crippen LogP contribution in [0.2, 0.25) is 0 Å². The topological polar surface area (TPSA) is 75.3 Å². The second-order valence-electron chi connectivity index (χ2n) is 4.37. The summed E-state index contributed by atoms with van der Waals surface area (Å²) in [5.74, 6) is 0.0123. The summed E-state index contributed by atoms with van der Waals surface area (Å²) in [5, 5.41) is 5.62. The standard InChI is InChI=1S/C10H18N2O3S/c1-3-5-11-7-9(13)12-10(2)4-6-16(14,15)8-10/h3,11H,1,4-8H2,2H3,(H,12,13). The molecule has 1 aliphatic heterocycles. The van der Waals surface area contributed by atoms with Crippen molar-refractivity contribution in [3.63, 3.8) is 0 Å². The lowest BCUT2D eigenvalue weighted by Crippen LogP contribution is -2.49. The van der Waals surface area contributed by atoms with E-state index in [0.717, 1.165) is 0 Å². The number of sulfone groups is 1. The maximum Gasteiger partial charge on any atom is 0.234 e. The van der Waals surface area contributed by atoms with E-state index in [4.69, 9.17) is 0 Å². The molecule has 92 valence electrons. The van der Waals surface area contributed by atoms with E-state index in [1.54, 1.807) is 13.0 Å². The maximum atomic E-state index is 11.5. The van der Waals surface area contributed by atoms with Gasteiger partial charge in [-0.2, -0.15) is 0 Å². The van der Waals surface area contributed by atoms with Crippen LogP contribution in [0.4, 0.5) is 0 Å². The fourth-order valence-corrected chi connectivity index (χ4v) is 3.87. The van der Waals surface area contributed by atoms with Crippen LogP contribution in [0.1, 0.15) is 13.3 Å². The first-order chi connectivity index (χ1) is 7.37. The molecule has 1 unspecified atom stereocenters. The Labute approximate surface area is 96.2 Å². The zero-order valence-corrected chi connectivity index (χ0v) is 10.3. The molecule has 1 aliphatic rings. The van der Waals surface area contributed by atoms with Gasteiger partial charge in [-0.1, -0.05) is 6.08 Å². The summed E-state index contributed by atoms with van der Waals surface area (Å²) in [6, 6.07) is 0. The highest BCUT2D eigenvalue weighted by Gasteiger charge is 2.39. The van der Waals surface area contributed by atoms with Gasteiger partial charge in [-0.25, -0.2) is 8.42 Å². The van der Waals surface area contributed by atoms with E-state index in [1.807, 2.05) is 0 Å². The molecule has 0 aromatic heterocycles. The molecule has 0 aromatic carbocycles. The van der Waals surface area contributed by atoms with E-state index in [9.17, 15) is 13.2 Å². The molecule has 1 saturated heterocycles. The molecule has 0 aromatic rings. The predicted molar refractivity (Wildman–Crippen MR) is 62.9 cm³/mol. The van der Waals surface area contributed by atoms with E-state index >= 15 is 0 Å². The summed E-state index contributed by atoms with van der Waals surface area (Å²) in [6.07, 6.45) is 2.15. The summed E-state index contributed by atoms with van der Waals surface area (Å²) < 4.78 is 22.6. The average Bonchev–Trinajstić information content (AvgIpc) is 2.40. The van der Waals surface area contributed by atoms with Crippen molar-refractivity contribution in [2.45, 2.75) is 18.9 Å². The van der Waals surface area contributed by atoms with Gasteiger partial charge in [0.15, 0.2) is 9.84 Å². The second-order valence-corrected chi connectivity index (χ2v) is 6.55. The van der Waals surface area contributed by atoms with E-state index in [-0.39, 0.29) is 24.0 Å². The highest BCUT2D eigenvalue weighted by Crippen LogP contribution is 2.22. The van der Waals surface area contributed by atoms with Gasteiger partial charge >= 0.3 is 0 Å². The fourth-order valence-electron chi connectivity index (χ4n) is 1.78. The van der Waals surface area contributed by atoms with Gasteiger partial charge in [-0.3, -0.25) is 4.79 Å². The first-order valence-corrected chi connectivity index (χ1v) is 7.02. The van der Waals surface area contributed by atoms with Crippen LogP contribution in [-0.4, -0.2) is 44.5 Å². The molecule has 0 aliphatic carbocycles. The molecule has 1 atom stereocenters. The molecule has 5 nitrogen and oxygen atoms in total. The monoisotopic (exact) mass is 246 g/mol. The number of hydrogen-bond acceptors (Lipinski definition) is 4. The van der Waals surface area contributed by atoms with Crippen LogP contribution in [0.25, 0.3) is 0 Å². The van der Waals surface area contributed by atoms with Gasteiger partial charge < -0.3 is 10.6 Å². The first kappa shape index (κ1) is 13.2. The summed E-state index contributed by atoms with van der Waals surface area (Å²) in [6.45, 7) is 6.03. The van der Waals surface area contributed by atoms with E-state index in [0.29, 0.717) is 13.0 Å². The smallest absolute Gasteiger partial charge is 0.234 e. The second kappa shape index (κ2) is 4.97. The number of carbonyl (C=O) groups excluding carboxylic acids is 1. The van der Waals surface area contributed by atoms with Crippen molar-refractivity contribution < 1.29 is 13.2 Å². The van der Waals surface area contributed by atoms with Crippen LogP contribution in [0.3, 0.4) is 0 Å². The van der Waals surface area contributed by atoms with Crippen LogP contribution in [0.5, 0.6) is 0 Å². The molecule has 1 rings (SSSR count). The molecule has 0 spiro atoms. The van der Waals surface area contributed by atoms with Gasteiger partial charge in [0.2, 0.25) is 5.91 Å². The summed E-state index contributed by atoms with van der Waals surface area (Å²) in [5.41, 5.74) is -0.605. The first-order valence-electron chi connectivity index (χ1n) is 5.20. The lowest BCUT2D eigenvalue weighted by atomic mass is 10.0. The third kappa shape index (κ3) is 3.94. The van der Waals surface area contributed by atoms with Crippen molar-refractivity contribution in [1.82, 2.24) is 10.6 Å². The predicted octanol–water partition coefficient (Wildman–Crippen LogP) is -0.545. The summed E-state index contributed by atoms with van der Waals surface area (Å²) in [7, 11) is -2.98. The molecule has 1 heterocycles. The van der Waals surface area contributed by atoms with Crippen molar-refractivity contribution in [1.29, 1.82) is 0 Å². The molecule has 0 saturated carbocycles. The normalized spacial score (nSPS) is 27.6. The van der Waals surface area contributed by atoms with Crippen molar-refractivity contribution in [3.05, 3.63) is 12.7 Å². The highest BCUT2D eigenvalue weighted by molar-refractivity contribution is 7.91. The number of carbonyl (C=O) groups is 1. The minimum absolute atomic E-state index is 0.0349. The van der Waals surface area contributed by atoms with Gasteiger partial charge in [-0.15, -0.1) is 6.58 Å². The van der Waals surface area contributed by atoms with Gasteiger partial charge in [0.1, 0.15) is 0 Å². The SMILES string of the molecule is C=CCNCC(=O)NC1(C)CCS(=O)(=O)C1. The van der Waals surface area contributed by atoms with Gasteiger partial charge in [0, 0.05) is 6.54 Å². The lowest BCUT2D eigenvalue weighted by Gasteiger charge is -2.23. The number of nitrogens with one attached hydrogen (secondary N) is 2. The Morgan fingerprint density at radius 2 is 2.25 bits per heavy atom. The number of hydrogen-bond donors (Lipinski definition) is 2. The van der Waals surface area contributed by atoms with Crippen LogP contribution < -0.4 is 10.6 Å². The molecular weight excluding hydrogens is 228 g/mol. The number of amides is 1. The third-order valence-corrected chi connectivity index (χ3v) is 4.42. The zero-order valence-electron chi connectivity index (χ0n) is 9.45. The Hall–Kier alpha value is -0.880. The van der Waals surface area contributed by atoms with Crippen molar-refractivity contribution in [2.75, 3.05) is 24.6 Å². The van der Waals surface area contributed by atoms with Crippen LogP contribution >= 0.6 is 0 Å². The van der Waals surface area contributed by atoms with E-state index in [1.165, 1.54) is 0 Å². The molecule has 1 amide bonds. The molecule has 0 bridgehead atoms. The lowest BCUT2D eigenvalue weighted by molar-refractivity contribution is -0.121. The molecule has 2 N–H and O–H groups in total. The third-order valence-electron chi connectivity index (χ3n) is 2.52. The Kier molecular flexibility index (Phi) is 4.09. The minimum Gasteiger partial charge on any atom is -0.349 e. The van der Waals surface area contributed by atoms with Crippen molar-refractivity contribution in [3.8, 4) is 0 Å². The maximum absolute atomic E-state index is 11.5. The Balaban J connectivity index is 2.42. The van der Waals surface area contributed by atoms with Crippen molar-refractivity contribution >= 4 is 15.7 Å². The van der Waals surface area contributed by atoms with Crippen LogP contribution in [-0.2, 0) is 14.6 Å². The molecule has 0 radical (unpaired) electrons.